The summed E-state index contributed by atoms with van der Waals surface area (Å²) in [5, 5.41) is 0. The van der Waals surface area contributed by atoms with Gasteiger partial charge in [0.05, 0.1) is 7.11 Å². The van der Waals surface area contributed by atoms with Crippen LogP contribution in [0.3, 0.4) is 0 Å². The van der Waals surface area contributed by atoms with E-state index in [4.69, 9.17) is 9.47 Å². The molecule has 0 radical (unpaired) electrons. The van der Waals surface area contributed by atoms with E-state index in [0.29, 0.717) is 0 Å². The molecule has 1 aliphatic rings. The lowest BCUT2D eigenvalue weighted by atomic mass is 9.81. The molecule has 1 heterocycles. The van der Waals surface area contributed by atoms with E-state index in [9.17, 15) is 4.79 Å². The molecule has 0 aliphatic carbocycles. The second kappa shape index (κ2) is 6.05. The van der Waals surface area contributed by atoms with Crippen molar-refractivity contribution >= 4 is 5.97 Å². The molecule has 0 N–H and O–H groups in total. The second-order valence-electron chi connectivity index (χ2n) is 5.88. The average Bonchev–Trinajstić information content (AvgIpc) is 2.96. The number of methoxy groups -OCH3 is 1. The molecule has 0 aromatic heterocycles. The molecule has 0 aromatic rings. The maximum atomic E-state index is 11.9. The molecular weight excluding hydrogens is 228 g/mol. The molecule has 3 nitrogen and oxygen atoms in total. The van der Waals surface area contributed by atoms with Crippen molar-refractivity contribution in [3.8, 4) is 0 Å². The Morgan fingerprint density at radius 1 is 1.22 bits per heavy atom. The average molecular weight is 256 g/mol. The lowest BCUT2D eigenvalue weighted by molar-refractivity contribution is -0.148. The van der Waals surface area contributed by atoms with Gasteiger partial charge in [0.1, 0.15) is 5.60 Å². The lowest BCUT2D eigenvalue weighted by Gasteiger charge is -2.18. The maximum absolute atomic E-state index is 11.9. The van der Waals surface area contributed by atoms with Crippen molar-refractivity contribution in [3.05, 3.63) is 0 Å². The Kier molecular flexibility index (Phi) is 5.20. The van der Waals surface area contributed by atoms with Crippen LogP contribution in [0, 0.1) is 5.92 Å². The van der Waals surface area contributed by atoms with Crippen molar-refractivity contribution in [3.63, 3.8) is 0 Å². The molecule has 106 valence electrons. The topological polar surface area (TPSA) is 38.8 Å². The first-order chi connectivity index (χ1) is 8.44. The fourth-order valence-corrected chi connectivity index (χ4v) is 3.01. The van der Waals surface area contributed by atoms with Crippen LogP contribution in [0.1, 0.15) is 66.2 Å². The Labute approximate surface area is 111 Å². The summed E-state index contributed by atoms with van der Waals surface area (Å²) in [4.78, 5) is 11.9. The number of rotatable bonds is 8. The van der Waals surface area contributed by atoms with Gasteiger partial charge in [0.25, 0.3) is 0 Å². The molecule has 1 aliphatic heterocycles. The standard InChI is InChI=1S/C15H28O3/c1-6-7-8-9-10-11-14(4)15(18-14,12(2)3)13(16)17-5/h12H,6-11H2,1-5H3. The summed E-state index contributed by atoms with van der Waals surface area (Å²) in [6, 6.07) is 0. The van der Waals surface area contributed by atoms with Gasteiger partial charge in [-0.1, -0.05) is 52.9 Å². The van der Waals surface area contributed by atoms with E-state index in [1.165, 1.54) is 32.8 Å². The van der Waals surface area contributed by atoms with Crippen molar-refractivity contribution in [1.29, 1.82) is 0 Å². The summed E-state index contributed by atoms with van der Waals surface area (Å²) >= 11 is 0. The minimum Gasteiger partial charge on any atom is -0.467 e. The van der Waals surface area contributed by atoms with Crippen LogP contribution in [0.5, 0.6) is 0 Å². The van der Waals surface area contributed by atoms with E-state index >= 15 is 0 Å². The number of carbonyl (C=O) groups excluding carboxylic acids is 1. The smallest absolute Gasteiger partial charge is 0.341 e. The van der Waals surface area contributed by atoms with Gasteiger partial charge in [-0.05, 0) is 19.3 Å². The number of esters is 1. The van der Waals surface area contributed by atoms with E-state index in [0.717, 1.165) is 12.8 Å². The molecule has 0 spiro atoms. The minimum atomic E-state index is -0.702. The van der Waals surface area contributed by atoms with Gasteiger partial charge in [-0.2, -0.15) is 0 Å². The summed E-state index contributed by atoms with van der Waals surface area (Å²) in [6.07, 6.45) is 7.13. The molecule has 0 bridgehead atoms. The quantitative estimate of drug-likeness (QED) is 0.377. The first kappa shape index (κ1) is 15.5. The van der Waals surface area contributed by atoms with E-state index < -0.39 is 5.60 Å². The number of hydrogen-bond donors (Lipinski definition) is 0. The predicted molar refractivity (Wildman–Crippen MR) is 72.5 cm³/mol. The molecule has 0 amide bonds. The summed E-state index contributed by atoms with van der Waals surface area (Å²) in [5.41, 5.74) is -1.02. The van der Waals surface area contributed by atoms with E-state index in [-0.39, 0.29) is 17.5 Å². The molecule has 2 atom stereocenters. The molecule has 1 fully saturated rings. The monoisotopic (exact) mass is 256 g/mol. The molecule has 0 aromatic carbocycles. The predicted octanol–water partition coefficient (Wildman–Crippen LogP) is 3.70. The fraction of sp³-hybridized carbons (Fsp3) is 0.933. The zero-order chi connectivity index (χ0) is 13.8. The van der Waals surface area contributed by atoms with Gasteiger partial charge in [-0.15, -0.1) is 0 Å². The lowest BCUT2D eigenvalue weighted by Crippen LogP contribution is -2.38. The summed E-state index contributed by atoms with van der Waals surface area (Å²) < 4.78 is 10.8. The zero-order valence-corrected chi connectivity index (χ0v) is 12.5. The third-order valence-electron chi connectivity index (χ3n) is 4.19. The Morgan fingerprint density at radius 3 is 2.33 bits per heavy atom. The molecule has 1 rings (SSSR count). The van der Waals surface area contributed by atoms with Gasteiger partial charge >= 0.3 is 5.97 Å². The van der Waals surface area contributed by atoms with E-state index in [1.807, 2.05) is 20.8 Å². The number of unbranched alkanes of at least 4 members (excludes halogenated alkanes) is 4. The van der Waals surface area contributed by atoms with Crippen molar-refractivity contribution in [2.75, 3.05) is 7.11 Å². The van der Waals surface area contributed by atoms with Gasteiger partial charge in [0.15, 0.2) is 5.60 Å². The third-order valence-corrected chi connectivity index (χ3v) is 4.19. The number of epoxide rings is 1. The van der Waals surface area contributed by atoms with Crippen LogP contribution in [0.2, 0.25) is 0 Å². The van der Waals surface area contributed by atoms with Crippen molar-refractivity contribution < 1.29 is 14.3 Å². The minimum absolute atomic E-state index is 0.158. The Morgan fingerprint density at radius 2 is 1.83 bits per heavy atom. The van der Waals surface area contributed by atoms with E-state index in [2.05, 4.69) is 6.92 Å². The van der Waals surface area contributed by atoms with Crippen LogP contribution in [0.15, 0.2) is 0 Å². The van der Waals surface area contributed by atoms with Gasteiger partial charge in [-0.25, -0.2) is 4.79 Å². The maximum Gasteiger partial charge on any atom is 0.341 e. The summed E-state index contributed by atoms with van der Waals surface area (Å²) in [7, 11) is 1.44. The highest BCUT2D eigenvalue weighted by atomic mass is 16.7. The van der Waals surface area contributed by atoms with Crippen LogP contribution in [-0.4, -0.2) is 24.3 Å². The number of carbonyl (C=O) groups is 1. The normalized spacial score (nSPS) is 30.6. The molecular formula is C15H28O3. The van der Waals surface area contributed by atoms with Crippen molar-refractivity contribution in [1.82, 2.24) is 0 Å². The van der Waals surface area contributed by atoms with Gasteiger partial charge in [-0.3, -0.25) is 0 Å². The summed E-state index contributed by atoms with van der Waals surface area (Å²) in [6.45, 7) is 8.31. The first-order valence-corrected chi connectivity index (χ1v) is 7.23. The highest BCUT2D eigenvalue weighted by Gasteiger charge is 2.73. The molecule has 0 saturated carbocycles. The van der Waals surface area contributed by atoms with Gasteiger partial charge in [0.2, 0.25) is 0 Å². The first-order valence-electron chi connectivity index (χ1n) is 7.23. The highest BCUT2D eigenvalue weighted by Crippen LogP contribution is 2.56. The van der Waals surface area contributed by atoms with Crippen LogP contribution in [0.25, 0.3) is 0 Å². The van der Waals surface area contributed by atoms with Crippen LogP contribution in [0.4, 0.5) is 0 Å². The molecule has 3 heteroatoms. The SMILES string of the molecule is CCCCCCCC1(C)OC1(C(=O)OC)C(C)C. The molecule has 1 saturated heterocycles. The van der Waals surface area contributed by atoms with Crippen LogP contribution >= 0.6 is 0 Å². The second-order valence-corrected chi connectivity index (χ2v) is 5.88. The van der Waals surface area contributed by atoms with Gasteiger partial charge in [0, 0.05) is 0 Å². The van der Waals surface area contributed by atoms with E-state index in [1.54, 1.807) is 0 Å². The Balaban J connectivity index is 2.48. The zero-order valence-electron chi connectivity index (χ0n) is 12.5. The fourth-order valence-electron chi connectivity index (χ4n) is 3.01. The van der Waals surface area contributed by atoms with Gasteiger partial charge < -0.3 is 9.47 Å². The Bertz CT molecular complexity index is 287. The highest BCUT2D eigenvalue weighted by molar-refractivity contribution is 5.85. The van der Waals surface area contributed by atoms with Crippen molar-refractivity contribution in [2.24, 2.45) is 5.92 Å². The largest absolute Gasteiger partial charge is 0.467 e. The van der Waals surface area contributed by atoms with Crippen molar-refractivity contribution in [2.45, 2.75) is 77.4 Å². The number of hydrogen-bond acceptors (Lipinski definition) is 3. The van der Waals surface area contributed by atoms with Crippen LogP contribution in [-0.2, 0) is 14.3 Å². The molecule has 18 heavy (non-hydrogen) atoms. The third kappa shape index (κ3) is 2.71. The molecule has 2 unspecified atom stereocenters. The van der Waals surface area contributed by atoms with Crippen LogP contribution < -0.4 is 0 Å². The summed E-state index contributed by atoms with van der Waals surface area (Å²) in [5.74, 6) is -0.0563. The number of ether oxygens (including phenoxy) is 2. The Hall–Kier alpha value is -0.570.